The SMILES string of the molecule is CC(=O)[C@H]1[C@@H](OCc2ccccc2)C(=O)N1Cc1ccccc1. The fourth-order valence-corrected chi connectivity index (χ4v) is 2.83. The Bertz CT molecular complexity index is 684. The van der Waals surface area contributed by atoms with Crippen molar-refractivity contribution in [2.75, 3.05) is 0 Å². The first-order valence-electron chi connectivity index (χ1n) is 7.67. The van der Waals surface area contributed by atoms with Gasteiger partial charge in [-0.05, 0) is 18.1 Å². The van der Waals surface area contributed by atoms with Gasteiger partial charge in [0, 0.05) is 6.54 Å². The third kappa shape index (κ3) is 3.32. The van der Waals surface area contributed by atoms with Gasteiger partial charge in [0.2, 0.25) is 0 Å². The van der Waals surface area contributed by atoms with Crippen molar-refractivity contribution in [2.45, 2.75) is 32.2 Å². The van der Waals surface area contributed by atoms with Crippen LogP contribution in [0.1, 0.15) is 18.1 Å². The number of hydrogen-bond donors (Lipinski definition) is 0. The van der Waals surface area contributed by atoms with Gasteiger partial charge in [0.1, 0.15) is 6.04 Å². The summed E-state index contributed by atoms with van der Waals surface area (Å²) in [6.07, 6.45) is -0.670. The molecule has 1 amide bonds. The molecule has 1 fully saturated rings. The van der Waals surface area contributed by atoms with E-state index < -0.39 is 12.1 Å². The Morgan fingerprint density at radius 3 is 2.13 bits per heavy atom. The second-order valence-electron chi connectivity index (χ2n) is 5.72. The highest BCUT2D eigenvalue weighted by atomic mass is 16.5. The van der Waals surface area contributed by atoms with Gasteiger partial charge >= 0.3 is 0 Å². The lowest BCUT2D eigenvalue weighted by Crippen LogP contribution is -2.67. The summed E-state index contributed by atoms with van der Waals surface area (Å²) < 4.78 is 5.71. The van der Waals surface area contributed by atoms with E-state index in [9.17, 15) is 9.59 Å². The molecule has 2 aromatic rings. The Morgan fingerprint density at radius 2 is 1.57 bits per heavy atom. The third-order valence-electron chi connectivity index (χ3n) is 4.03. The molecular formula is C19H19NO3. The largest absolute Gasteiger partial charge is 0.361 e. The van der Waals surface area contributed by atoms with Gasteiger partial charge in [0.05, 0.1) is 6.61 Å². The number of rotatable bonds is 6. The second kappa shape index (κ2) is 6.75. The fourth-order valence-electron chi connectivity index (χ4n) is 2.83. The van der Waals surface area contributed by atoms with Gasteiger partial charge in [-0.2, -0.15) is 0 Å². The first-order valence-corrected chi connectivity index (χ1v) is 7.67. The fraction of sp³-hybridized carbons (Fsp3) is 0.263. The first-order chi connectivity index (χ1) is 11.2. The average Bonchev–Trinajstić information content (AvgIpc) is 2.58. The standard InChI is InChI=1S/C19H19NO3/c1-14(21)17-18(23-13-16-10-6-3-7-11-16)19(22)20(17)12-15-8-4-2-5-9-15/h2-11,17-18H,12-13H2,1H3/t17-,18+/m0/s1. The lowest BCUT2D eigenvalue weighted by atomic mass is 9.93. The average molecular weight is 309 g/mol. The van der Waals surface area contributed by atoms with E-state index in [1.807, 2.05) is 60.7 Å². The van der Waals surface area contributed by atoms with E-state index in [4.69, 9.17) is 4.74 Å². The van der Waals surface area contributed by atoms with Crippen molar-refractivity contribution < 1.29 is 14.3 Å². The summed E-state index contributed by atoms with van der Waals surface area (Å²) >= 11 is 0. The predicted molar refractivity (Wildman–Crippen MR) is 86.5 cm³/mol. The van der Waals surface area contributed by atoms with Crippen LogP contribution in [-0.4, -0.2) is 28.7 Å². The smallest absolute Gasteiger partial charge is 0.255 e. The lowest BCUT2D eigenvalue weighted by molar-refractivity contribution is -0.180. The number of amides is 1. The summed E-state index contributed by atoms with van der Waals surface area (Å²) in [6.45, 7) is 2.28. The minimum Gasteiger partial charge on any atom is -0.361 e. The predicted octanol–water partition coefficient (Wildman–Crippen LogP) is 2.57. The van der Waals surface area contributed by atoms with Crippen molar-refractivity contribution in [2.24, 2.45) is 0 Å². The van der Waals surface area contributed by atoms with E-state index in [-0.39, 0.29) is 11.7 Å². The van der Waals surface area contributed by atoms with Crippen LogP contribution in [-0.2, 0) is 27.5 Å². The molecule has 0 aromatic heterocycles. The van der Waals surface area contributed by atoms with Crippen LogP contribution in [0.2, 0.25) is 0 Å². The summed E-state index contributed by atoms with van der Waals surface area (Å²) in [4.78, 5) is 25.9. The van der Waals surface area contributed by atoms with Crippen LogP contribution in [0.15, 0.2) is 60.7 Å². The highest BCUT2D eigenvalue weighted by Gasteiger charge is 2.50. The lowest BCUT2D eigenvalue weighted by Gasteiger charge is -2.45. The van der Waals surface area contributed by atoms with Gasteiger partial charge in [0.15, 0.2) is 11.9 Å². The van der Waals surface area contributed by atoms with Crippen LogP contribution in [0.5, 0.6) is 0 Å². The van der Waals surface area contributed by atoms with Gasteiger partial charge in [0.25, 0.3) is 5.91 Å². The molecule has 0 spiro atoms. The molecule has 0 saturated carbocycles. The summed E-state index contributed by atoms with van der Waals surface area (Å²) in [5.41, 5.74) is 2.00. The second-order valence-corrected chi connectivity index (χ2v) is 5.72. The van der Waals surface area contributed by atoms with Crippen LogP contribution < -0.4 is 0 Å². The van der Waals surface area contributed by atoms with Crippen molar-refractivity contribution in [3.63, 3.8) is 0 Å². The van der Waals surface area contributed by atoms with Gasteiger partial charge in [-0.15, -0.1) is 0 Å². The van der Waals surface area contributed by atoms with Crippen molar-refractivity contribution in [1.82, 2.24) is 4.90 Å². The molecule has 0 aliphatic carbocycles. The van der Waals surface area contributed by atoms with E-state index in [0.29, 0.717) is 13.2 Å². The highest BCUT2D eigenvalue weighted by Crippen LogP contribution is 2.27. The minimum atomic E-state index is -0.670. The van der Waals surface area contributed by atoms with Crippen molar-refractivity contribution >= 4 is 11.7 Å². The molecule has 3 rings (SSSR count). The van der Waals surface area contributed by atoms with Crippen LogP contribution in [0.4, 0.5) is 0 Å². The van der Waals surface area contributed by atoms with Crippen molar-refractivity contribution in [3.05, 3.63) is 71.8 Å². The number of ether oxygens (including phenoxy) is 1. The summed E-state index contributed by atoms with van der Waals surface area (Å²) in [7, 11) is 0. The van der Waals surface area contributed by atoms with E-state index in [1.54, 1.807) is 4.90 Å². The maximum absolute atomic E-state index is 12.4. The number of Topliss-reactive ketones (excluding diaryl/α,β-unsaturated/α-hetero) is 1. The molecule has 1 saturated heterocycles. The topological polar surface area (TPSA) is 46.6 Å². The van der Waals surface area contributed by atoms with Gasteiger partial charge in [-0.25, -0.2) is 0 Å². The maximum atomic E-state index is 12.4. The number of hydrogen-bond acceptors (Lipinski definition) is 3. The van der Waals surface area contributed by atoms with E-state index in [1.165, 1.54) is 6.92 Å². The number of ketones is 1. The van der Waals surface area contributed by atoms with E-state index in [0.717, 1.165) is 11.1 Å². The number of carbonyl (C=O) groups is 2. The van der Waals surface area contributed by atoms with Gasteiger partial charge in [-0.3, -0.25) is 9.59 Å². The zero-order chi connectivity index (χ0) is 16.2. The molecule has 0 N–H and O–H groups in total. The van der Waals surface area contributed by atoms with Crippen LogP contribution >= 0.6 is 0 Å². The molecule has 0 bridgehead atoms. The molecule has 1 heterocycles. The number of benzene rings is 2. The van der Waals surface area contributed by atoms with Crippen molar-refractivity contribution in [1.29, 1.82) is 0 Å². The van der Waals surface area contributed by atoms with Crippen molar-refractivity contribution in [3.8, 4) is 0 Å². The molecule has 1 aliphatic heterocycles. The van der Waals surface area contributed by atoms with Crippen LogP contribution in [0, 0.1) is 0 Å². The van der Waals surface area contributed by atoms with Gasteiger partial charge in [-0.1, -0.05) is 60.7 Å². The molecule has 0 radical (unpaired) electrons. The Morgan fingerprint density at radius 1 is 1.00 bits per heavy atom. The molecular weight excluding hydrogens is 290 g/mol. The monoisotopic (exact) mass is 309 g/mol. The molecule has 4 nitrogen and oxygen atoms in total. The zero-order valence-electron chi connectivity index (χ0n) is 13.0. The summed E-state index contributed by atoms with van der Waals surface area (Å²) in [5, 5.41) is 0. The molecule has 4 heteroatoms. The number of β-lactam (4-membered cyclic amide) rings is 1. The molecule has 0 unspecified atom stereocenters. The maximum Gasteiger partial charge on any atom is 0.255 e. The molecule has 118 valence electrons. The molecule has 2 aromatic carbocycles. The number of nitrogens with zero attached hydrogens (tertiary/aromatic N) is 1. The van der Waals surface area contributed by atoms with E-state index in [2.05, 4.69) is 0 Å². The Labute approximate surface area is 135 Å². The van der Waals surface area contributed by atoms with Crippen LogP contribution in [0.3, 0.4) is 0 Å². The van der Waals surface area contributed by atoms with E-state index >= 15 is 0 Å². The van der Waals surface area contributed by atoms with Crippen LogP contribution in [0.25, 0.3) is 0 Å². The highest BCUT2D eigenvalue weighted by molar-refractivity contribution is 6.00. The summed E-state index contributed by atoms with van der Waals surface area (Å²) in [6, 6.07) is 18.8. The zero-order valence-corrected chi connectivity index (χ0v) is 13.0. The number of likely N-dealkylation sites (tertiary alicyclic amines) is 1. The Balaban J connectivity index is 1.65. The number of carbonyl (C=O) groups excluding carboxylic acids is 2. The van der Waals surface area contributed by atoms with Gasteiger partial charge < -0.3 is 9.64 Å². The quantitative estimate of drug-likeness (QED) is 0.771. The molecule has 23 heavy (non-hydrogen) atoms. The normalized spacial score (nSPS) is 20.2. The summed E-state index contributed by atoms with van der Waals surface area (Å²) in [5.74, 6) is -0.163. The molecule has 2 atom stereocenters. The Hall–Kier alpha value is -2.46. The minimum absolute atomic E-state index is 0.0430. The third-order valence-corrected chi connectivity index (χ3v) is 4.03. The molecule has 1 aliphatic rings. The Kier molecular flexibility index (Phi) is 4.53. The first kappa shape index (κ1) is 15.4.